The molecule has 0 spiro atoms. The molecule has 0 aromatic rings. The molecule has 0 saturated carbocycles. The van der Waals surface area contributed by atoms with Gasteiger partial charge in [-0.25, -0.2) is 0 Å². The summed E-state index contributed by atoms with van der Waals surface area (Å²) in [6.45, 7) is 6.30. The average molecular weight is 1150 g/mol. The summed E-state index contributed by atoms with van der Waals surface area (Å²) in [5, 5.41) is 0. The van der Waals surface area contributed by atoms with E-state index in [1.807, 2.05) is 0 Å². The molecule has 1 atom stereocenters. The SMILES string of the molecule is CC/C=C\C/C=C\C/C=C\C/C=C\CCCCCCCCCCCCCCCCCCC(=O)OCC(COC(=O)CCCCC/C=C\C/C=C\C/C=C\CC)OC(=O)CCCCCCCCCCCC/C=C\C/C=C\C/C=C\C/C=C\CC. The van der Waals surface area contributed by atoms with Crippen molar-refractivity contribution in [3.8, 4) is 0 Å². The molecule has 1 unspecified atom stereocenters. The summed E-state index contributed by atoms with van der Waals surface area (Å²) in [5.74, 6) is -0.917. The first-order chi connectivity index (χ1) is 41.0. The summed E-state index contributed by atoms with van der Waals surface area (Å²) >= 11 is 0. The maximum atomic E-state index is 12.9. The number of hydrogen-bond acceptors (Lipinski definition) is 6. The van der Waals surface area contributed by atoms with E-state index in [1.54, 1.807) is 0 Å². The van der Waals surface area contributed by atoms with Gasteiger partial charge in [-0.05, 0) is 128 Å². The Balaban J connectivity index is 4.28. The van der Waals surface area contributed by atoms with Gasteiger partial charge in [-0.3, -0.25) is 14.4 Å². The molecule has 83 heavy (non-hydrogen) atoms. The monoisotopic (exact) mass is 1150 g/mol. The van der Waals surface area contributed by atoms with Crippen LogP contribution < -0.4 is 0 Å². The molecule has 0 amide bonds. The summed E-state index contributed by atoms with van der Waals surface area (Å²) in [6.07, 6.45) is 99.1. The molecule has 0 heterocycles. The number of esters is 3. The number of allylic oxidation sites excluding steroid dienone is 22. The molecule has 472 valence electrons. The van der Waals surface area contributed by atoms with E-state index >= 15 is 0 Å². The van der Waals surface area contributed by atoms with Gasteiger partial charge in [0.05, 0.1) is 0 Å². The molecular formula is C77H128O6. The highest BCUT2D eigenvalue weighted by Crippen LogP contribution is 2.17. The number of carbonyl (C=O) groups excluding carboxylic acids is 3. The summed E-state index contributed by atoms with van der Waals surface area (Å²) in [6, 6.07) is 0. The number of carbonyl (C=O) groups is 3. The smallest absolute Gasteiger partial charge is 0.306 e. The lowest BCUT2D eigenvalue weighted by molar-refractivity contribution is -0.167. The molecule has 0 aromatic heterocycles. The molecule has 0 radical (unpaired) electrons. The van der Waals surface area contributed by atoms with Crippen molar-refractivity contribution in [2.45, 2.75) is 322 Å². The van der Waals surface area contributed by atoms with Crippen LogP contribution in [0.4, 0.5) is 0 Å². The minimum absolute atomic E-state index is 0.0903. The zero-order valence-electron chi connectivity index (χ0n) is 54.2. The van der Waals surface area contributed by atoms with Crippen LogP contribution in [0.3, 0.4) is 0 Å². The number of hydrogen-bond donors (Lipinski definition) is 0. The Morgan fingerprint density at radius 1 is 0.241 bits per heavy atom. The van der Waals surface area contributed by atoms with Crippen molar-refractivity contribution < 1.29 is 28.6 Å². The predicted octanol–water partition coefficient (Wildman–Crippen LogP) is 24.1. The van der Waals surface area contributed by atoms with Gasteiger partial charge in [0.1, 0.15) is 13.2 Å². The number of unbranched alkanes of at least 4 members (excludes halogenated alkanes) is 29. The average Bonchev–Trinajstić information content (AvgIpc) is 3.49. The highest BCUT2D eigenvalue weighted by molar-refractivity contribution is 5.71. The summed E-state index contributed by atoms with van der Waals surface area (Å²) < 4.78 is 16.9. The van der Waals surface area contributed by atoms with Gasteiger partial charge in [-0.2, -0.15) is 0 Å². The van der Waals surface area contributed by atoms with Gasteiger partial charge in [0.25, 0.3) is 0 Å². The van der Waals surface area contributed by atoms with E-state index < -0.39 is 6.10 Å². The van der Waals surface area contributed by atoms with Crippen molar-refractivity contribution in [1.29, 1.82) is 0 Å². The molecule has 0 aromatic carbocycles. The van der Waals surface area contributed by atoms with Gasteiger partial charge in [0, 0.05) is 19.3 Å². The Kier molecular flexibility index (Phi) is 66.3. The molecule has 0 rings (SSSR count). The van der Waals surface area contributed by atoms with Gasteiger partial charge in [-0.1, -0.05) is 302 Å². The van der Waals surface area contributed by atoms with Crippen LogP contribution in [0.25, 0.3) is 0 Å². The van der Waals surface area contributed by atoms with Gasteiger partial charge in [-0.15, -0.1) is 0 Å². The minimum Gasteiger partial charge on any atom is -0.462 e. The van der Waals surface area contributed by atoms with E-state index in [9.17, 15) is 14.4 Å². The van der Waals surface area contributed by atoms with Crippen LogP contribution in [0.2, 0.25) is 0 Å². The van der Waals surface area contributed by atoms with Crippen molar-refractivity contribution in [2.75, 3.05) is 13.2 Å². The molecule has 0 bridgehead atoms. The lowest BCUT2D eigenvalue weighted by Crippen LogP contribution is -2.30. The molecule has 6 heteroatoms. The highest BCUT2D eigenvalue weighted by Gasteiger charge is 2.19. The van der Waals surface area contributed by atoms with E-state index in [0.29, 0.717) is 19.3 Å². The Morgan fingerprint density at radius 3 is 0.687 bits per heavy atom. The third kappa shape index (κ3) is 68.2. The van der Waals surface area contributed by atoms with Crippen molar-refractivity contribution in [3.05, 3.63) is 134 Å². The maximum Gasteiger partial charge on any atom is 0.306 e. The number of rotatable bonds is 62. The first-order valence-electron chi connectivity index (χ1n) is 34.7. The fraction of sp³-hybridized carbons (Fsp3) is 0.675. The van der Waals surface area contributed by atoms with E-state index in [4.69, 9.17) is 14.2 Å². The molecule has 0 aliphatic heterocycles. The highest BCUT2D eigenvalue weighted by atomic mass is 16.6. The summed E-state index contributed by atoms with van der Waals surface area (Å²) in [5.41, 5.74) is 0. The Hall–Kier alpha value is -4.45. The van der Waals surface area contributed by atoms with Crippen LogP contribution in [0.5, 0.6) is 0 Å². The van der Waals surface area contributed by atoms with E-state index in [-0.39, 0.29) is 31.1 Å². The lowest BCUT2D eigenvalue weighted by atomic mass is 10.0. The fourth-order valence-corrected chi connectivity index (χ4v) is 9.56. The van der Waals surface area contributed by atoms with Crippen LogP contribution in [0, 0.1) is 0 Å². The fourth-order valence-electron chi connectivity index (χ4n) is 9.56. The third-order valence-corrected chi connectivity index (χ3v) is 14.6. The molecule has 6 nitrogen and oxygen atoms in total. The molecule has 0 N–H and O–H groups in total. The molecule has 0 fully saturated rings. The topological polar surface area (TPSA) is 78.9 Å². The van der Waals surface area contributed by atoms with Crippen LogP contribution in [-0.4, -0.2) is 37.2 Å². The summed E-state index contributed by atoms with van der Waals surface area (Å²) in [4.78, 5) is 38.4. The molecule has 0 aliphatic carbocycles. The quantitative estimate of drug-likeness (QED) is 0.0261. The van der Waals surface area contributed by atoms with Crippen LogP contribution >= 0.6 is 0 Å². The van der Waals surface area contributed by atoms with Crippen LogP contribution in [0.1, 0.15) is 316 Å². The van der Waals surface area contributed by atoms with Crippen LogP contribution in [0.15, 0.2) is 134 Å². The normalized spacial score (nSPS) is 13.0. The largest absolute Gasteiger partial charge is 0.462 e. The van der Waals surface area contributed by atoms with Gasteiger partial charge in [0.2, 0.25) is 0 Å². The summed E-state index contributed by atoms with van der Waals surface area (Å²) in [7, 11) is 0. The van der Waals surface area contributed by atoms with Gasteiger partial charge in [0.15, 0.2) is 6.10 Å². The van der Waals surface area contributed by atoms with Crippen molar-refractivity contribution >= 4 is 17.9 Å². The van der Waals surface area contributed by atoms with E-state index in [0.717, 1.165) is 135 Å². The number of ether oxygens (including phenoxy) is 3. The second kappa shape index (κ2) is 70.0. The third-order valence-electron chi connectivity index (χ3n) is 14.6. The zero-order valence-corrected chi connectivity index (χ0v) is 54.2. The van der Waals surface area contributed by atoms with Gasteiger partial charge >= 0.3 is 17.9 Å². The lowest BCUT2D eigenvalue weighted by Gasteiger charge is -2.18. The van der Waals surface area contributed by atoms with Gasteiger partial charge < -0.3 is 14.2 Å². The van der Waals surface area contributed by atoms with E-state index in [1.165, 1.54) is 141 Å². The second-order valence-corrected chi connectivity index (χ2v) is 22.6. The second-order valence-electron chi connectivity index (χ2n) is 22.6. The Bertz CT molecular complexity index is 1750. The Labute approximate surface area is 513 Å². The predicted molar refractivity (Wildman–Crippen MR) is 362 cm³/mol. The zero-order chi connectivity index (χ0) is 59.9. The molecule has 0 saturated heterocycles. The first kappa shape index (κ1) is 78.5. The van der Waals surface area contributed by atoms with Crippen molar-refractivity contribution in [2.24, 2.45) is 0 Å². The van der Waals surface area contributed by atoms with Crippen molar-refractivity contribution in [3.63, 3.8) is 0 Å². The Morgan fingerprint density at radius 2 is 0.434 bits per heavy atom. The maximum absolute atomic E-state index is 12.9. The van der Waals surface area contributed by atoms with Crippen molar-refractivity contribution in [1.82, 2.24) is 0 Å². The van der Waals surface area contributed by atoms with E-state index in [2.05, 4.69) is 154 Å². The standard InChI is InChI=1S/C77H128O6/c1-4-7-10-13-16-19-22-25-27-29-31-33-35-36-37-38-39-40-42-43-45-47-49-52-55-58-61-64-67-70-76(79)82-73-74(72-81-75(78)69-66-63-60-57-54-51-24-21-18-15-12-9-6-3)83-77(80)71-68-65-62-59-56-53-50-48-46-44-41-34-32-30-28-26-23-20-17-14-11-8-5-2/h7-12,16-21,25-28,31-34,51,54,74H,4-6,13-15,22-24,29-30,35-50,52-53,55-73H2,1-3H3/b10-7-,11-8-,12-9-,19-16-,20-17-,21-18-,27-25-,28-26-,33-31-,34-32-,54-51-. The minimum atomic E-state index is -0.797. The molecule has 0 aliphatic rings. The molecular weight excluding hydrogens is 1020 g/mol. The first-order valence-corrected chi connectivity index (χ1v) is 34.7. The van der Waals surface area contributed by atoms with Crippen LogP contribution in [-0.2, 0) is 28.6 Å².